The third kappa shape index (κ3) is 11.5. The van der Waals surface area contributed by atoms with Crippen LogP contribution in [0.4, 0.5) is 8.78 Å². The maximum Gasteiger partial charge on any atom is 0.247 e. The Labute approximate surface area is 159 Å². The summed E-state index contributed by atoms with van der Waals surface area (Å²) in [7, 11) is 0. The molecule has 0 bridgehead atoms. The van der Waals surface area contributed by atoms with Crippen LogP contribution in [0.3, 0.4) is 0 Å². The minimum atomic E-state index is -3.19. The predicted octanol–water partition coefficient (Wildman–Crippen LogP) is 1.20. The van der Waals surface area contributed by atoms with E-state index in [9.17, 15) is 28.3 Å². The predicted molar refractivity (Wildman–Crippen MR) is 98.1 cm³/mol. The van der Waals surface area contributed by atoms with Gasteiger partial charge in [0.25, 0.3) is 0 Å². The second-order valence-corrected chi connectivity index (χ2v) is 7.82. The smallest absolute Gasteiger partial charge is 0.247 e. The van der Waals surface area contributed by atoms with Gasteiger partial charge in [0.2, 0.25) is 23.6 Å². The summed E-state index contributed by atoms with van der Waals surface area (Å²) in [4.78, 5) is 36.7. The van der Waals surface area contributed by atoms with E-state index in [1.165, 1.54) is 6.92 Å². The average molecular weight is 393 g/mol. The molecule has 0 fully saturated rings. The van der Waals surface area contributed by atoms with Crippen molar-refractivity contribution in [2.75, 3.05) is 6.54 Å². The molecule has 158 valence electrons. The summed E-state index contributed by atoms with van der Waals surface area (Å²) >= 11 is 0. The van der Waals surface area contributed by atoms with Crippen LogP contribution in [0.15, 0.2) is 0 Å². The molecule has 3 amide bonds. The van der Waals surface area contributed by atoms with Crippen LogP contribution in [0.5, 0.6) is 0 Å². The van der Waals surface area contributed by atoms with Crippen molar-refractivity contribution in [2.24, 2.45) is 11.8 Å². The van der Waals surface area contributed by atoms with Crippen molar-refractivity contribution in [3.05, 3.63) is 0 Å². The van der Waals surface area contributed by atoms with Gasteiger partial charge in [0.1, 0.15) is 12.1 Å². The number of carbonyl (C=O) groups excluding carboxylic acids is 3. The van der Waals surface area contributed by atoms with E-state index >= 15 is 0 Å². The van der Waals surface area contributed by atoms with Crippen molar-refractivity contribution in [1.29, 1.82) is 0 Å². The zero-order chi connectivity index (χ0) is 21.4. The van der Waals surface area contributed by atoms with Crippen molar-refractivity contribution in [1.82, 2.24) is 16.0 Å². The first kappa shape index (κ1) is 25.2. The summed E-state index contributed by atoms with van der Waals surface area (Å²) in [5.41, 5.74) is 0. The third-order valence-corrected chi connectivity index (χ3v) is 3.63. The Morgan fingerprint density at radius 1 is 1.00 bits per heavy atom. The van der Waals surface area contributed by atoms with Gasteiger partial charge in [0.15, 0.2) is 0 Å². The zero-order valence-electron chi connectivity index (χ0n) is 16.9. The first-order valence-corrected chi connectivity index (χ1v) is 9.16. The zero-order valence-corrected chi connectivity index (χ0v) is 16.9. The lowest BCUT2D eigenvalue weighted by molar-refractivity contribution is -0.134. The Morgan fingerprint density at radius 2 is 1.56 bits per heavy atom. The summed E-state index contributed by atoms with van der Waals surface area (Å²) in [6.07, 6.45) is -1.53. The average Bonchev–Trinajstić information content (AvgIpc) is 2.46. The van der Waals surface area contributed by atoms with Crippen LogP contribution in [-0.4, -0.2) is 53.5 Å². The van der Waals surface area contributed by atoms with E-state index in [1.54, 1.807) is 13.8 Å². The van der Waals surface area contributed by atoms with Crippen LogP contribution in [-0.2, 0) is 14.4 Å². The highest BCUT2D eigenvalue weighted by Gasteiger charge is 2.34. The van der Waals surface area contributed by atoms with E-state index in [-0.39, 0.29) is 30.7 Å². The molecular formula is C18H33F2N3O4. The lowest BCUT2D eigenvalue weighted by atomic mass is 10.0. The van der Waals surface area contributed by atoms with Crippen molar-refractivity contribution in [2.45, 2.75) is 78.5 Å². The highest BCUT2D eigenvalue weighted by Crippen LogP contribution is 2.19. The van der Waals surface area contributed by atoms with E-state index in [0.29, 0.717) is 6.92 Å². The molecule has 0 aromatic rings. The number of hydrogen-bond acceptors (Lipinski definition) is 4. The molecule has 9 heteroatoms. The van der Waals surface area contributed by atoms with Gasteiger partial charge in [-0.1, -0.05) is 27.7 Å². The van der Waals surface area contributed by atoms with Gasteiger partial charge in [0.05, 0.1) is 6.10 Å². The maximum absolute atomic E-state index is 13.4. The van der Waals surface area contributed by atoms with Crippen LogP contribution in [0.2, 0.25) is 0 Å². The number of amides is 3. The molecule has 0 heterocycles. The molecule has 0 aliphatic heterocycles. The number of halogens is 2. The lowest BCUT2D eigenvalue weighted by Gasteiger charge is -2.27. The molecule has 4 N–H and O–H groups in total. The molecule has 0 saturated heterocycles. The van der Waals surface area contributed by atoms with Gasteiger partial charge in [-0.2, -0.15) is 0 Å². The Kier molecular flexibility index (Phi) is 10.4. The van der Waals surface area contributed by atoms with Gasteiger partial charge in [-0.05, 0) is 25.7 Å². The first-order valence-electron chi connectivity index (χ1n) is 9.16. The fraction of sp³-hybridized carbons (Fsp3) is 0.833. The summed E-state index contributed by atoms with van der Waals surface area (Å²) in [5.74, 6) is -5.24. The molecule has 27 heavy (non-hydrogen) atoms. The fourth-order valence-corrected chi connectivity index (χ4v) is 2.34. The number of carbonyl (C=O) groups is 3. The topological polar surface area (TPSA) is 108 Å². The van der Waals surface area contributed by atoms with Crippen molar-refractivity contribution in [3.8, 4) is 0 Å². The second kappa shape index (κ2) is 11.2. The molecular weight excluding hydrogens is 360 g/mol. The van der Waals surface area contributed by atoms with E-state index in [1.807, 2.05) is 13.8 Å². The largest absolute Gasteiger partial charge is 0.392 e. The second-order valence-electron chi connectivity index (χ2n) is 7.82. The number of hydrogen-bond donors (Lipinski definition) is 4. The molecule has 3 atom stereocenters. The first-order chi connectivity index (χ1) is 12.2. The van der Waals surface area contributed by atoms with Gasteiger partial charge >= 0.3 is 0 Å². The number of alkyl halides is 2. The van der Waals surface area contributed by atoms with Crippen LogP contribution < -0.4 is 16.0 Å². The van der Waals surface area contributed by atoms with Crippen molar-refractivity contribution < 1.29 is 28.3 Å². The normalized spacial score (nSPS) is 15.2. The molecule has 0 aliphatic carbocycles. The monoisotopic (exact) mass is 393 g/mol. The van der Waals surface area contributed by atoms with Gasteiger partial charge in [-0.3, -0.25) is 14.4 Å². The molecule has 0 rings (SSSR count). The Morgan fingerprint density at radius 3 is 1.96 bits per heavy atom. The molecule has 7 nitrogen and oxygen atoms in total. The highest BCUT2D eigenvalue weighted by atomic mass is 19.3. The number of aliphatic hydroxyl groups is 1. The maximum atomic E-state index is 13.4. The SMILES string of the molecule is CC(C)CC(=O)N[C@H](C(=O)N[C@@H](CC(C)(F)F)C(=O)NC[C@H](C)O)C(C)C. The van der Waals surface area contributed by atoms with Gasteiger partial charge in [0, 0.05) is 19.4 Å². The van der Waals surface area contributed by atoms with E-state index in [0.717, 1.165) is 0 Å². The highest BCUT2D eigenvalue weighted by molar-refractivity contribution is 5.92. The summed E-state index contributed by atoms with van der Waals surface area (Å²) in [5, 5.41) is 16.5. The Balaban J connectivity index is 5.18. The van der Waals surface area contributed by atoms with E-state index in [4.69, 9.17) is 0 Å². The van der Waals surface area contributed by atoms with E-state index in [2.05, 4.69) is 16.0 Å². The van der Waals surface area contributed by atoms with Gasteiger partial charge < -0.3 is 21.1 Å². The number of rotatable bonds is 11. The molecule has 0 saturated carbocycles. The van der Waals surface area contributed by atoms with Crippen LogP contribution in [0.1, 0.15) is 54.4 Å². The summed E-state index contributed by atoms with van der Waals surface area (Å²) in [6, 6.07) is -2.44. The molecule has 0 aromatic heterocycles. The Bertz CT molecular complexity index is 505. The third-order valence-electron chi connectivity index (χ3n) is 3.63. The number of aliphatic hydroxyl groups excluding tert-OH is 1. The molecule has 0 aliphatic rings. The van der Waals surface area contributed by atoms with E-state index < -0.39 is 42.3 Å². The molecule has 0 radical (unpaired) electrons. The van der Waals surface area contributed by atoms with Crippen LogP contribution in [0, 0.1) is 11.8 Å². The lowest BCUT2D eigenvalue weighted by Crippen LogP contribution is -2.56. The number of nitrogens with one attached hydrogen (secondary N) is 3. The fourth-order valence-electron chi connectivity index (χ4n) is 2.34. The minimum Gasteiger partial charge on any atom is -0.392 e. The molecule has 0 aromatic carbocycles. The van der Waals surface area contributed by atoms with Crippen molar-refractivity contribution in [3.63, 3.8) is 0 Å². The minimum absolute atomic E-state index is 0.0960. The molecule has 0 spiro atoms. The Hall–Kier alpha value is -1.77. The summed E-state index contributed by atoms with van der Waals surface area (Å²) < 4.78 is 26.9. The van der Waals surface area contributed by atoms with Gasteiger partial charge in [-0.25, -0.2) is 8.78 Å². The molecule has 0 unspecified atom stereocenters. The quantitative estimate of drug-likeness (QED) is 0.423. The van der Waals surface area contributed by atoms with Crippen LogP contribution >= 0.6 is 0 Å². The summed E-state index contributed by atoms with van der Waals surface area (Å²) in [6.45, 7) is 9.08. The van der Waals surface area contributed by atoms with Crippen LogP contribution in [0.25, 0.3) is 0 Å². The van der Waals surface area contributed by atoms with Gasteiger partial charge in [-0.15, -0.1) is 0 Å². The standard InChI is InChI=1S/C18H33F2N3O4/c1-10(2)7-14(25)23-15(11(3)4)17(27)22-13(8-18(6,19)20)16(26)21-9-12(5)24/h10-13,15,24H,7-9H2,1-6H3,(H,21,26)(H,22,27)(H,23,25)/t12-,13-,15-/m0/s1. The van der Waals surface area contributed by atoms with Crippen molar-refractivity contribution >= 4 is 17.7 Å².